The monoisotopic (exact) mass is 288 g/mol. The molecule has 0 radical (unpaired) electrons. The number of rotatable bonds is 3. The summed E-state index contributed by atoms with van der Waals surface area (Å²) in [4.78, 5) is 9.02. The first kappa shape index (κ1) is 15.0. The number of nitrogens with zero attached hydrogens (tertiary/aromatic N) is 2. The summed E-state index contributed by atoms with van der Waals surface area (Å²) in [5, 5.41) is 0.501. The van der Waals surface area contributed by atoms with Crippen molar-refractivity contribution in [2.24, 2.45) is 0 Å². The van der Waals surface area contributed by atoms with Crippen LogP contribution in [0.3, 0.4) is 0 Å². The van der Waals surface area contributed by atoms with Crippen molar-refractivity contribution in [3.8, 4) is 11.3 Å². The molecule has 2 nitrogen and oxygen atoms in total. The molecule has 0 spiro atoms. The molecule has 0 aliphatic carbocycles. The Balaban J connectivity index is 2.47. The molecule has 3 heteroatoms. The second-order valence-electron chi connectivity index (χ2n) is 6.10. The van der Waals surface area contributed by atoms with Crippen LogP contribution in [-0.2, 0) is 11.8 Å². The minimum atomic E-state index is -0.110. The molecule has 0 bridgehead atoms. The highest BCUT2D eigenvalue weighted by atomic mass is 35.5. The third-order valence-electron chi connectivity index (χ3n) is 3.13. The molecule has 0 saturated carbocycles. The SMILES string of the molecule is CCCc1cccc(-c2cc(Cl)nc(C(C)(C)C)n2)c1. The number of hydrogen-bond donors (Lipinski definition) is 0. The molecule has 0 saturated heterocycles. The summed E-state index contributed by atoms with van der Waals surface area (Å²) in [5.41, 5.74) is 3.22. The molecule has 0 unspecified atom stereocenters. The van der Waals surface area contributed by atoms with Crippen molar-refractivity contribution in [1.29, 1.82) is 0 Å². The van der Waals surface area contributed by atoms with Gasteiger partial charge >= 0.3 is 0 Å². The molecule has 0 aliphatic heterocycles. The van der Waals surface area contributed by atoms with Crippen molar-refractivity contribution in [2.75, 3.05) is 0 Å². The first-order valence-corrected chi connectivity index (χ1v) is 7.42. The van der Waals surface area contributed by atoms with Gasteiger partial charge < -0.3 is 0 Å². The summed E-state index contributed by atoms with van der Waals surface area (Å²) in [7, 11) is 0. The molecule has 1 aromatic heterocycles. The van der Waals surface area contributed by atoms with Gasteiger partial charge in [0.2, 0.25) is 0 Å². The Labute approximate surface area is 126 Å². The first-order chi connectivity index (χ1) is 9.40. The summed E-state index contributed by atoms with van der Waals surface area (Å²) in [6.07, 6.45) is 2.22. The van der Waals surface area contributed by atoms with E-state index in [0.29, 0.717) is 5.15 Å². The maximum atomic E-state index is 6.16. The summed E-state index contributed by atoms with van der Waals surface area (Å²) in [5.74, 6) is 0.779. The van der Waals surface area contributed by atoms with E-state index in [9.17, 15) is 0 Å². The van der Waals surface area contributed by atoms with Crippen LogP contribution in [0.1, 0.15) is 45.5 Å². The molecule has 0 atom stereocenters. The maximum absolute atomic E-state index is 6.16. The smallest absolute Gasteiger partial charge is 0.136 e. The number of hydrogen-bond acceptors (Lipinski definition) is 2. The number of halogens is 1. The molecule has 1 aromatic carbocycles. The standard InChI is InChI=1S/C17H21ClN2/c1-5-7-12-8-6-9-13(10-12)14-11-15(18)20-16(19-14)17(2,3)4/h6,8-11H,5,7H2,1-4H3. The fourth-order valence-electron chi connectivity index (χ4n) is 2.08. The third kappa shape index (κ3) is 3.57. The van der Waals surface area contributed by atoms with Crippen molar-refractivity contribution < 1.29 is 0 Å². The average molecular weight is 289 g/mol. The average Bonchev–Trinajstić information content (AvgIpc) is 2.38. The second-order valence-corrected chi connectivity index (χ2v) is 6.49. The van der Waals surface area contributed by atoms with Crippen LogP contribution in [0, 0.1) is 0 Å². The molecule has 0 aliphatic rings. The van der Waals surface area contributed by atoms with Gasteiger partial charge in [-0.1, -0.05) is 63.9 Å². The molecule has 20 heavy (non-hydrogen) atoms. The van der Waals surface area contributed by atoms with Crippen molar-refractivity contribution >= 4 is 11.6 Å². The number of aromatic nitrogens is 2. The van der Waals surface area contributed by atoms with Gasteiger partial charge in [0.1, 0.15) is 11.0 Å². The third-order valence-corrected chi connectivity index (χ3v) is 3.32. The van der Waals surface area contributed by atoms with Crippen molar-refractivity contribution in [1.82, 2.24) is 9.97 Å². The van der Waals surface area contributed by atoms with E-state index in [-0.39, 0.29) is 5.41 Å². The molecular formula is C17H21ClN2. The van der Waals surface area contributed by atoms with E-state index < -0.39 is 0 Å². The first-order valence-electron chi connectivity index (χ1n) is 7.04. The Morgan fingerprint density at radius 3 is 2.50 bits per heavy atom. The van der Waals surface area contributed by atoms with Crippen molar-refractivity contribution in [3.63, 3.8) is 0 Å². The minimum Gasteiger partial charge on any atom is -0.232 e. The highest BCUT2D eigenvalue weighted by Crippen LogP contribution is 2.26. The maximum Gasteiger partial charge on any atom is 0.136 e. The van der Waals surface area contributed by atoms with Gasteiger partial charge in [0.25, 0.3) is 0 Å². The molecular weight excluding hydrogens is 268 g/mol. The predicted octanol–water partition coefficient (Wildman–Crippen LogP) is 5.05. The topological polar surface area (TPSA) is 25.8 Å². The zero-order valence-corrected chi connectivity index (χ0v) is 13.3. The highest BCUT2D eigenvalue weighted by molar-refractivity contribution is 6.29. The zero-order valence-electron chi connectivity index (χ0n) is 12.6. The van der Waals surface area contributed by atoms with E-state index >= 15 is 0 Å². The predicted molar refractivity (Wildman–Crippen MR) is 85.2 cm³/mol. The summed E-state index contributed by atoms with van der Waals surface area (Å²) < 4.78 is 0. The molecule has 2 aromatic rings. The van der Waals surface area contributed by atoms with Gasteiger partial charge in [-0.3, -0.25) is 0 Å². The number of aryl methyl sites for hydroxylation is 1. The fraction of sp³-hybridized carbons (Fsp3) is 0.412. The van der Waals surface area contributed by atoms with Crippen molar-refractivity contribution in [2.45, 2.75) is 46.0 Å². The van der Waals surface area contributed by atoms with E-state index in [2.05, 4.69) is 61.9 Å². The van der Waals surface area contributed by atoms with E-state index in [1.54, 1.807) is 0 Å². The number of benzene rings is 1. The summed E-state index contributed by atoms with van der Waals surface area (Å²) in [6, 6.07) is 10.3. The van der Waals surface area contributed by atoms with Gasteiger partial charge in [0.15, 0.2) is 0 Å². The molecule has 0 fully saturated rings. The normalized spacial score (nSPS) is 11.7. The highest BCUT2D eigenvalue weighted by Gasteiger charge is 2.19. The quantitative estimate of drug-likeness (QED) is 0.739. The molecule has 0 amide bonds. The van der Waals surface area contributed by atoms with Gasteiger partial charge in [0.05, 0.1) is 5.69 Å². The van der Waals surface area contributed by atoms with E-state index in [1.165, 1.54) is 5.56 Å². The molecule has 0 N–H and O–H groups in total. The van der Waals surface area contributed by atoms with Gasteiger partial charge in [-0.05, 0) is 18.1 Å². The lowest BCUT2D eigenvalue weighted by Crippen LogP contribution is -2.16. The Morgan fingerprint density at radius 1 is 1.10 bits per heavy atom. The van der Waals surface area contributed by atoms with Crippen molar-refractivity contribution in [3.05, 3.63) is 46.9 Å². The lowest BCUT2D eigenvalue weighted by atomic mass is 9.95. The van der Waals surface area contributed by atoms with Gasteiger partial charge in [0, 0.05) is 17.0 Å². The van der Waals surface area contributed by atoms with Gasteiger partial charge in [-0.25, -0.2) is 9.97 Å². The van der Waals surface area contributed by atoms with Gasteiger partial charge in [-0.2, -0.15) is 0 Å². The zero-order chi connectivity index (χ0) is 14.8. The molecule has 1 heterocycles. The van der Waals surface area contributed by atoms with Crippen LogP contribution >= 0.6 is 11.6 Å². The lowest BCUT2D eigenvalue weighted by Gasteiger charge is -2.17. The lowest BCUT2D eigenvalue weighted by molar-refractivity contribution is 0.546. The van der Waals surface area contributed by atoms with Crippen LogP contribution in [0.5, 0.6) is 0 Å². The fourth-order valence-corrected chi connectivity index (χ4v) is 2.26. The van der Waals surface area contributed by atoms with Crippen LogP contribution in [0.4, 0.5) is 0 Å². The Bertz CT molecular complexity index is 600. The Morgan fingerprint density at radius 2 is 1.85 bits per heavy atom. The summed E-state index contributed by atoms with van der Waals surface area (Å²) in [6.45, 7) is 8.47. The Hall–Kier alpha value is -1.41. The molecule has 2 rings (SSSR count). The van der Waals surface area contributed by atoms with Crippen LogP contribution in [0.2, 0.25) is 5.15 Å². The van der Waals surface area contributed by atoms with E-state index in [4.69, 9.17) is 11.6 Å². The Kier molecular flexibility index (Phi) is 4.44. The van der Waals surface area contributed by atoms with Crippen LogP contribution in [0.25, 0.3) is 11.3 Å². The molecule has 106 valence electrons. The van der Waals surface area contributed by atoms with E-state index in [0.717, 1.165) is 29.9 Å². The largest absolute Gasteiger partial charge is 0.232 e. The van der Waals surface area contributed by atoms with Crippen LogP contribution in [-0.4, -0.2) is 9.97 Å². The van der Waals surface area contributed by atoms with Crippen LogP contribution in [0.15, 0.2) is 30.3 Å². The van der Waals surface area contributed by atoms with E-state index in [1.807, 2.05) is 6.07 Å². The second kappa shape index (κ2) is 5.92. The van der Waals surface area contributed by atoms with Gasteiger partial charge in [-0.15, -0.1) is 0 Å². The van der Waals surface area contributed by atoms with Crippen LogP contribution < -0.4 is 0 Å². The minimum absolute atomic E-state index is 0.110. The summed E-state index contributed by atoms with van der Waals surface area (Å²) >= 11 is 6.16.